The Bertz CT molecular complexity index is 1110. The average molecular weight is 450 g/mol. The maximum Gasteiger partial charge on any atom is 0.435 e. The van der Waals surface area contributed by atoms with Gasteiger partial charge in [0.15, 0.2) is 5.69 Å². The molecule has 0 saturated carbocycles. The van der Waals surface area contributed by atoms with Crippen molar-refractivity contribution in [1.82, 2.24) is 19.7 Å². The number of para-hydroxylation sites is 1. The van der Waals surface area contributed by atoms with E-state index in [0.29, 0.717) is 26.2 Å². The number of rotatable bonds is 3. The summed E-state index contributed by atoms with van der Waals surface area (Å²) in [6.07, 6.45) is -4.68. The monoisotopic (exact) mass is 449 g/mol. The molecule has 4 rings (SSSR count). The van der Waals surface area contributed by atoms with Gasteiger partial charge in [0.1, 0.15) is 11.5 Å². The summed E-state index contributed by atoms with van der Waals surface area (Å²) in [6, 6.07) is 12.8. The Morgan fingerprint density at radius 3 is 2.39 bits per heavy atom. The van der Waals surface area contributed by atoms with E-state index in [0.717, 1.165) is 22.3 Å². The largest absolute Gasteiger partial charge is 0.435 e. The van der Waals surface area contributed by atoms with Crippen LogP contribution in [0.15, 0.2) is 48.5 Å². The summed E-state index contributed by atoms with van der Waals surface area (Å²) in [7, 11) is 0. The number of amides is 1. The van der Waals surface area contributed by atoms with E-state index in [9.17, 15) is 18.0 Å². The van der Waals surface area contributed by atoms with Crippen LogP contribution in [0.3, 0.4) is 0 Å². The lowest BCUT2D eigenvalue weighted by atomic mass is 10.2. The van der Waals surface area contributed by atoms with Gasteiger partial charge in [0.05, 0.1) is 10.7 Å². The highest BCUT2D eigenvalue weighted by Gasteiger charge is 2.37. The fourth-order valence-electron chi connectivity index (χ4n) is 3.48. The van der Waals surface area contributed by atoms with Gasteiger partial charge < -0.3 is 9.80 Å². The van der Waals surface area contributed by atoms with E-state index in [2.05, 4.69) is 10.1 Å². The Hall–Kier alpha value is -3.07. The Labute approximate surface area is 181 Å². The highest BCUT2D eigenvalue weighted by molar-refractivity contribution is 6.32. The lowest BCUT2D eigenvalue weighted by molar-refractivity contribution is -0.141. The number of aryl methyl sites for hydroxylation is 1. The molecular formula is C21H19ClF3N5O. The molecule has 3 aromatic rings. The quantitative estimate of drug-likeness (QED) is 0.601. The van der Waals surface area contributed by atoms with Gasteiger partial charge >= 0.3 is 6.18 Å². The second-order valence-electron chi connectivity index (χ2n) is 7.19. The van der Waals surface area contributed by atoms with E-state index < -0.39 is 17.8 Å². The lowest BCUT2D eigenvalue weighted by Crippen LogP contribution is -2.49. The molecule has 1 aliphatic rings. The standard InChI is InChI=1S/C21H19ClF3N5O/c1-14-5-4-8-19(26-14)28-9-11-29(12-10-28)20(31)17-13-18(21(23,24)25)27-30(17)16-7-3-2-6-15(16)22/h2-8,13H,9-12H2,1H3. The van der Waals surface area contributed by atoms with Crippen LogP contribution in [0.4, 0.5) is 19.0 Å². The first-order chi connectivity index (χ1) is 14.7. The van der Waals surface area contributed by atoms with E-state index in [1.165, 1.54) is 17.0 Å². The van der Waals surface area contributed by atoms with Crippen LogP contribution in [0.5, 0.6) is 0 Å². The Kier molecular flexibility index (Phi) is 5.62. The predicted molar refractivity (Wildman–Crippen MR) is 111 cm³/mol. The van der Waals surface area contributed by atoms with Crippen LogP contribution in [0, 0.1) is 6.92 Å². The summed E-state index contributed by atoms with van der Waals surface area (Å²) in [5.41, 5.74) is -0.217. The molecule has 31 heavy (non-hydrogen) atoms. The first-order valence-corrected chi connectivity index (χ1v) is 10.0. The molecule has 0 atom stereocenters. The summed E-state index contributed by atoms with van der Waals surface area (Å²) in [5.74, 6) is 0.285. The number of carbonyl (C=O) groups excluding carboxylic acids is 1. The highest BCUT2D eigenvalue weighted by atomic mass is 35.5. The zero-order valence-corrected chi connectivity index (χ0v) is 17.4. The molecule has 1 aromatic carbocycles. The van der Waals surface area contributed by atoms with Crippen LogP contribution >= 0.6 is 11.6 Å². The van der Waals surface area contributed by atoms with Crippen LogP contribution < -0.4 is 4.90 Å². The molecular weight excluding hydrogens is 431 g/mol. The van der Waals surface area contributed by atoms with Gasteiger partial charge in [0.25, 0.3) is 5.91 Å². The maximum absolute atomic E-state index is 13.3. The van der Waals surface area contributed by atoms with Crippen LogP contribution in [0.1, 0.15) is 21.9 Å². The van der Waals surface area contributed by atoms with E-state index in [-0.39, 0.29) is 16.4 Å². The smallest absolute Gasteiger partial charge is 0.353 e. The number of alkyl halides is 3. The predicted octanol–water partition coefficient (Wildman–Crippen LogP) is 4.21. The van der Waals surface area contributed by atoms with E-state index in [1.54, 1.807) is 12.1 Å². The van der Waals surface area contributed by atoms with Gasteiger partial charge in [-0.25, -0.2) is 9.67 Å². The summed E-state index contributed by atoms with van der Waals surface area (Å²) >= 11 is 6.16. The number of anilines is 1. The van der Waals surface area contributed by atoms with Crippen LogP contribution in [-0.2, 0) is 6.18 Å². The first-order valence-electron chi connectivity index (χ1n) is 9.64. The highest BCUT2D eigenvalue weighted by Crippen LogP contribution is 2.31. The molecule has 0 unspecified atom stereocenters. The molecule has 6 nitrogen and oxygen atoms in total. The fourth-order valence-corrected chi connectivity index (χ4v) is 3.70. The molecule has 1 aliphatic heterocycles. The van der Waals surface area contributed by atoms with Crippen LogP contribution in [0.2, 0.25) is 5.02 Å². The molecule has 162 valence electrons. The second-order valence-corrected chi connectivity index (χ2v) is 7.60. The molecule has 0 bridgehead atoms. The van der Waals surface area contributed by atoms with Gasteiger partial charge in [-0.05, 0) is 31.2 Å². The van der Waals surface area contributed by atoms with Crippen molar-refractivity contribution < 1.29 is 18.0 Å². The first kappa shape index (κ1) is 21.2. The number of hydrogen-bond donors (Lipinski definition) is 0. The lowest BCUT2D eigenvalue weighted by Gasteiger charge is -2.35. The molecule has 0 spiro atoms. The van der Waals surface area contributed by atoms with Gasteiger partial charge in [0, 0.05) is 37.9 Å². The van der Waals surface area contributed by atoms with Crippen molar-refractivity contribution in [1.29, 1.82) is 0 Å². The summed E-state index contributed by atoms with van der Waals surface area (Å²) < 4.78 is 41.0. The van der Waals surface area contributed by atoms with E-state index in [4.69, 9.17) is 11.6 Å². The van der Waals surface area contributed by atoms with E-state index >= 15 is 0 Å². The number of pyridine rings is 1. The average Bonchev–Trinajstić information content (AvgIpc) is 3.19. The number of piperazine rings is 1. The van der Waals surface area contributed by atoms with Gasteiger partial charge in [-0.15, -0.1) is 0 Å². The fraction of sp³-hybridized carbons (Fsp3) is 0.286. The molecule has 2 aromatic heterocycles. The molecule has 1 fully saturated rings. The molecule has 10 heteroatoms. The second kappa shape index (κ2) is 8.22. The molecule has 0 aliphatic carbocycles. The molecule has 1 amide bonds. The zero-order chi connectivity index (χ0) is 22.2. The van der Waals surface area contributed by atoms with Crippen molar-refractivity contribution in [3.05, 3.63) is 70.6 Å². The van der Waals surface area contributed by atoms with Crippen molar-refractivity contribution in [3.63, 3.8) is 0 Å². The van der Waals surface area contributed by atoms with Crippen molar-refractivity contribution in [2.24, 2.45) is 0 Å². The number of nitrogens with zero attached hydrogens (tertiary/aromatic N) is 5. The summed E-state index contributed by atoms with van der Waals surface area (Å²) in [6.45, 7) is 3.65. The zero-order valence-electron chi connectivity index (χ0n) is 16.6. The Morgan fingerprint density at radius 1 is 1.03 bits per heavy atom. The molecule has 1 saturated heterocycles. The Balaban J connectivity index is 1.60. The summed E-state index contributed by atoms with van der Waals surface area (Å²) in [4.78, 5) is 21.2. The van der Waals surface area contributed by atoms with Crippen LogP contribution in [-0.4, -0.2) is 51.8 Å². The third-order valence-corrected chi connectivity index (χ3v) is 5.38. The third-order valence-electron chi connectivity index (χ3n) is 5.06. The van der Waals surface area contributed by atoms with Gasteiger partial charge in [-0.2, -0.15) is 18.3 Å². The molecule has 3 heterocycles. The normalized spacial score (nSPS) is 14.7. The van der Waals surface area contributed by atoms with E-state index in [1.807, 2.05) is 30.0 Å². The maximum atomic E-state index is 13.3. The number of halogens is 4. The van der Waals surface area contributed by atoms with Gasteiger partial charge in [-0.1, -0.05) is 29.8 Å². The van der Waals surface area contributed by atoms with Crippen molar-refractivity contribution >= 4 is 23.3 Å². The minimum absolute atomic E-state index is 0.178. The molecule has 0 radical (unpaired) electrons. The van der Waals surface area contributed by atoms with Crippen molar-refractivity contribution in [2.75, 3.05) is 31.1 Å². The minimum Gasteiger partial charge on any atom is -0.353 e. The number of hydrogen-bond acceptors (Lipinski definition) is 4. The SMILES string of the molecule is Cc1cccc(N2CCN(C(=O)c3cc(C(F)(F)F)nn3-c3ccccc3Cl)CC2)n1. The van der Waals surface area contributed by atoms with Crippen molar-refractivity contribution in [3.8, 4) is 5.69 Å². The van der Waals surface area contributed by atoms with Crippen molar-refractivity contribution in [2.45, 2.75) is 13.1 Å². The number of benzene rings is 1. The molecule has 0 N–H and O–H groups in total. The summed E-state index contributed by atoms with van der Waals surface area (Å²) in [5, 5.41) is 3.84. The topological polar surface area (TPSA) is 54.3 Å². The van der Waals surface area contributed by atoms with Crippen LogP contribution in [0.25, 0.3) is 5.69 Å². The third kappa shape index (κ3) is 4.36. The van der Waals surface area contributed by atoms with Gasteiger partial charge in [0.2, 0.25) is 0 Å². The number of carbonyl (C=O) groups is 1. The Morgan fingerprint density at radius 2 is 1.74 bits per heavy atom. The minimum atomic E-state index is -4.68. The van der Waals surface area contributed by atoms with Gasteiger partial charge in [-0.3, -0.25) is 4.79 Å². The number of aromatic nitrogens is 3.